The average molecular weight is 361 g/mol. The topological polar surface area (TPSA) is 89.5 Å². The number of piperidine rings is 1. The van der Waals surface area contributed by atoms with E-state index in [1.807, 2.05) is 0 Å². The Balaban J connectivity index is 1.64. The molecule has 0 atom stereocenters. The molecule has 1 aromatic carbocycles. The van der Waals surface area contributed by atoms with E-state index in [-0.39, 0.29) is 16.8 Å². The molecule has 2 aromatic rings. The number of rotatable bonds is 5. The molecular weight excluding hydrogens is 342 g/mol. The van der Waals surface area contributed by atoms with Gasteiger partial charge in [0.05, 0.1) is 4.90 Å². The minimum absolute atomic E-state index is 0.0681. The van der Waals surface area contributed by atoms with Gasteiger partial charge < -0.3 is 4.74 Å². The first kappa shape index (κ1) is 17.5. The van der Waals surface area contributed by atoms with Crippen molar-refractivity contribution >= 4 is 15.8 Å². The second-order valence-corrected chi connectivity index (χ2v) is 7.79. The van der Waals surface area contributed by atoms with Crippen LogP contribution in [0.25, 0.3) is 0 Å². The van der Waals surface area contributed by atoms with E-state index in [1.165, 1.54) is 29.7 Å². The number of hydrogen-bond donors (Lipinski definition) is 0. The number of Topliss-reactive ketones (excluding diaryl/α,β-unsaturated/α-hetero) is 1. The van der Waals surface area contributed by atoms with Crippen molar-refractivity contribution in [2.24, 2.45) is 0 Å². The van der Waals surface area contributed by atoms with Crippen molar-refractivity contribution in [3.05, 3.63) is 48.4 Å². The summed E-state index contributed by atoms with van der Waals surface area (Å²) in [6.45, 7) is 2.21. The summed E-state index contributed by atoms with van der Waals surface area (Å²) >= 11 is 0. The maximum absolute atomic E-state index is 12.7. The molecule has 2 heterocycles. The van der Waals surface area contributed by atoms with Crippen LogP contribution in [-0.4, -0.2) is 47.7 Å². The van der Waals surface area contributed by atoms with E-state index in [9.17, 15) is 13.2 Å². The van der Waals surface area contributed by atoms with Gasteiger partial charge in [0.25, 0.3) is 0 Å². The maximum atomic E-state index is 12.7. The van der Waals surface area contributed by atoms with Gasteiger partial charge in [-0.2, -0.15) is 4.31 Å². The van der Waals surface area contributed by atoms with E-state index in [4.69, 9.17) is 4.74 Å². The number of aromatic nitrogens is 2. The molecule has 1 saturated heterocycles. The Morgan fingerprint density at radius 2 is 1.84 bits per heavy atom. The summed E-state index contributed by atoms with van der Waals surface area (Å²) in [7, 11) is -3.56. The number of nitrogens with zero attached hydrogens (tertiary/aromatic N) is 3. The van der Waals surface area contributed by atoms with E-state index in [0.29, 0.717) is 37.4 Å². The first-order valence-corrected chi connectivity index (χ1v) is 9.44. The third-order valence-corrected chi connectivity index (χ3v) is 6.05. The smallest absolute Gasteiger partial charge is 0.243 e. The van der Waals surface area contributed by atoms with Gasteiger partial charge in [-0.25, -0.2) is 18.4 Å². The van der Waals surface area contributed by atoms with Crippen molar-refractivity contribution in [1.29, 1.82) is 0 Å². The van der Waals surface area contributed by atoms with Crippen molar-refractivity contribution in [2.75, 3.05) is 13.1 Å². The molecule has 0 unspecified atom stereocenters. The van der Waals surface area contributed by atoms with Crippen LogP contribution in [0.2, 0.25) is 0 Å². The lowest BCUT2D eigenvalue weighted by Gasteiger charge is -2.31. The highest BCUT2D eigenvalue weighted by Gasteiger charge is 2.30. The molecule has 1 aromatic heterocycles. The van der Waals surface area contributed by atoms with Crippen LogP contribution >= 0.6 is 0 Å². The first-order chi connectivity index (χ1) is 12.0. The number of hydrogen-bond acceptors (Lipinski definition) is 6. The van der Waals surface area contributed by atoms with E-state index in [2.05, 4.69) is 9.97 Å². The van der Waals surface area contributed by atoms with E-state index < -0.39 is 10.0 Å². The second kappa shape index (κ2) is 7.28. The van der Waals surface area contributed by atoms with Crippen LogP contribution in [0.3, 0.4) is 0 Å². The van der Waals surface area contributed by atoms with Gasteiger partial charge in [0.15, 0.2) is 5.78 Å². The van der Waals surface area contributed by atoms with Gasteiger partial charge in [0.2, 0.25) is 15.9 Å². The minimum atomic E-state index is -3.56. The van der Waals surface area contributed by atoms with Crippen LogP contribution in [0.15, 0.2) is 47.8 Å². The zero-order valence-corrected chi connectivity index (χ0v) is 14.6. The highest BCUT2D eigenvalue weighted by molar-refractivity contribution is 7.89. The summed E-state index contributed by atoms with van der Waals surface area (Å²) in [4.78, 5) is 19.4. The fourth-order valence-electron chi connectivity index (χ4n) is 2.72. The summed E-state index contributed by atoms with van der Waals surface area (Å²) in [5, 5.41) is 0. The lowest BCUT2D eigenvalue weighted by atomic mass is 10.1. The average Bonchev–Trinajstić information content (AvgIpc) is 2.63. The van der Waals surface area contributed by atoms with Gasteiger partial charge in [-0.1, -0.05) is 12.1 Å². The Hall–Kier alpha value is -2.32. The predicted octanol–water partition coefficient (Wildman–Crippen LogP) is 1.91. The Morgan fingerprint density at radius 3 is 2.40 bits per heavy atom. The summed E-state index contributed by atoms with van der Waals surface area (Å²) in [6.07, 6.45) is 4.14. The Bertz CT molecular complexity index is 830. The van der Waals surface area contributed by atoms with Gasteiger partial charge in [-0.3, -0.25) is 4.79 Å². The molecule has 8 heteroatoms. The van der Waals surface area contributed by atoms with Gasteiger partial charge in [-0.15, -0.1) is 0 Å². The van der Waals surface area contributed by atoms with E-state index in [0.717, 1.165) is 0 Å². The molecule has 3 rings (SSSR count). The molecule has 1 aliphatic heterocycles. The van der Waals surface area contributed by atoms with Crippen molar-refractivity contribution in [1.82, 2.24) is 14.3 Å². The second-order valence-electron chi connectivity index (χ2n) is 5.85. The third-order valence-electron chi connectivity index (χ3n) is 4.14. The number of benzene rings is 1. The minimum Gasteiger partial charge on any atom is -0.474 e. The van der Waals surface area contributed by atoms with Crippen LogP contribution < -0.4 is 4.74 Å². The van der Waals surface area contributed by atoms with Crippen molar-refractivity contribution < 1.29 is 17.9 Å². The molecule has 1 fully saturated rings. The zero-order valence-electron chi connectivity index (χ0n) is 13.8. The number of carbonyl (C=O) groups is 1. The fourth-order valence-corrected chi connectivity index (χ4v) is 4.19. The monoisotopic (exact) mass is 361 g/mol. The summed E-state index contributed by atoms with van der Waals surface area (Å²) < 4.78 is 32.6. The van der Waals surface area contributed by atoms with Gasteiger partial charge >= 0.3 is 0 Å². The van der Waals surface area contributed by atoms with Crippen LogP contribution in [0, 0.1) is 0 Å². The molecule has 25 heavy (non-hydrogen) atoms. The maximum Gasteiger partial charge on any atom is 0.243 e. The van der Waals surface area contributed by atoms with E-state index in [1.54, 1.807) is 24.4 Å². The summed E-state index contributed by atoms with van der Waals surface area (Å²) in [5.74, 6) is 0.405. The molecule has 1 aliphatic rings. The van der Waals surface area contributed by atoms with Gasteiger partial charge in [0.1, 0.15) is 12.4 Å². The molecule has 0 N–H and O–H groups in total. The summed E-state index contributed by atoms with van der Waals surface area (Å²) in [5.41, 5.74) is 0.496. The SMILES string of the molecule is CC(=O)c1ccc(S(=O)(=O)N2CCC(Oc3ccncn3)CC2)cc1. The van der Waals surface area contributed by atoms with E-state index >= 15 is 0 Å². The predicted molar refractivity (Wildman–Crippen MR) is 90.9 cm³/mol. The highest BCUT2D eigenvalue weighted by atomic mass is 32.2. The van der Waals surface area contributed by atoms with Crippen LogP contribution in [0.5, 0.6) is 5.88 Å². The fraction of sp³-hybridized carbons (Fsp3) is 0.353. The molecule has 0 radical (unpaired) electrons. The molecule has 132 valence electrons. The van der Waals surface area contributed by atoms with Gasteiger partial charge in [0, 0.05) is 30.9 Å². The lowest BCUT2D eigenvalue weighted by molar-refractivity contribution is 0.101. The molecule has 0 spiro atoms. The van der Waals surface area contributed by atoms with Crippen molar-refractivity contribution in [2.45, 2.75) is 30.8 Å². The largest absolute Gasteiger partial charge is 0.474 e. The van der Waals surface area contributed by atoms with Crippen molar-refractivity contribution in [3.63, 3.8) is 0 Å². The molecule has 0 amide bonds. The normalized spacial score (nSPS) is 16.5. The number of ether oxygens (including phenoxy) is 1. The lowest BCUT2D eigenvalue weighted by Crippen LogP contribution is -2.41. The molecular formula is C17H19N3O4S. The number of sulfonamides is 1. The Labute approximate surface area is 146 Å². The van der Waals surface area contributed by atoms with Crippen LogP contribution in [-0.2, 0) is 10.0 Å². The third kappa shape index (κ3) is 4.02. The Kier molecular flexibility index (Phi) is 5.10. The van der Waals surface area contributed by atoms with Crippen molar-refractivity contribution in [3.8, 4) is 5.88 Å². The quantitative estimate of drug-likeness (QED) is 0.756. The first-order valence-electron chi connectivity index (χ1n) is 8.00. The Morgan fingerprint density at radius 1 is 1.16 bits per heavy atom. The molecule has 0 aliphatic carbocycles. The van der Waals surface area contributed by atoms with Crippen LogP contribution in [0.4, 0.5) is 0 Å². The molecule has 0 bridgehead atoms. The van der Waals surface area contributed by atoms with Gasteiger partial charge in [-0.05, 0) is 31.9 Å². The number of carbonyl (C=O) groups excluding carboxylic acids is 1. The zero-order chi connectivity index (χ0) is 17.9. The summed E-state index contributed by atoms with van der Waals surface area (Å²) in [6, 6.07) is 7.73. The number of ketones is 1. The molecule has 0 saturated carbocycles. The molecule has 7 nitrogen and oxygen atoms in total. The van der Waals surface area contributed by atoms with Crippen LogP contribution in [0.1, 0.15) is 30.1 Å². The highest BCUT2D eigenvalue weighted by Crippen LogP contribution is 2.23. The standard InChI is InChI=1S/C17H19N3O4S/c1-13(21)14-2-4-16(5-3-14)25(22,23)20-10-7-15(8-11-20)24-17-6-9-18-12-19-17/h2-6,9,12,15H,7-8,10-11H2,1H3.